The highest BCUT2D eigenvalue weighted by atomic mass is 16.2. The first-order valence-corrected chi connectivity index (χ1v) is 13.9. The third kappa shape index (κ3) is 6.97. The number of nitrogens with one attached hydrogen (secondary N) is 4. The fourth-order valence-electron chi connectivity index (χ4n) is 5.04. The largest absolute Gasteiger partial charge is 0.361 e. The van der Waals surface area contributed by atoms with E-state index in [0.29, 0.717) is 36.0 Å². The second-order valence-corrected chi connectivity index (χ2v) is 10.6. The Bertz CT molecular complexity index is 1640. The van der Waals surface area contributed by atoms with Gasteiger partial charge in [-0.25, -0.2) is 19.8 Å². The zero-order valence-corrected chi connectivity index (χ0v) is 23.6. The molecule has 0 saturated heterocycles. The molecule has 2 amide bonds. The Labute approximate surface area is 244 Å². The van der Waals surface area contributed by atoms with E-state index in [1.54, 1.807) is 24.4 Å². The number of hydrogen-bond acceptors (Lipinski definition) is 7. The number of hydrogen-bond donors (Lipinski definition) is 4. The van der Waals surface area contributed by atoms with Crippen molar-refractivity contribution < 1.29 is 9.59 Å². The van der Waals surface area contributed by atoms with Crippen LogP contribution in [-0.2, 0) is 4.79 Å². The van der Waals surface area contributed by atoms with Gasteiger partial charge in [-0.05, 0) is 58.0 Å². The van der Waals surface area contributed by atoms with Crippen molar-refractivity contribution >= 4 is 40.0 Å². The van der Waals surface area contributed by atoms with Gasteiger partial charge in [0.1, 0.15) is 5.69 Å². The molecule has 1 saturated carbocycles. The topological polar surface area (TPSA) is 132 Å². The average Bonchev–Trinajstić information content (AvgIpc) is 3.41. The molecule has 2 atom stereocenters. The molecule has 4 N–H and O–H groups in total. The van der Waals surface area contributed by atoms with Gasteiger partial charge in [0.2, 0.25) is 17.5 Å². The second kappa shape index (κ2) is 13.1. The Hall–Kier alpha value is -5.08. The van der Waals surface area contributed by atoms with Crippen LogP contribution in [-0.4, -0.2) is 69.4 Å². The summed E-state index contributed by atoms with van der Waals surface area (Å²) < 4.78 is 0. The van der Waals surface area contributed by atoms with E-state index in [-0.39, 0.29) is 29.6 Å². The molecule has 214 valence electrons. The number of benzene rings is 1. The number of H-pyrrole nitrogens is 1. The average molecular weight is 564 g/mol. The highest BCUT2D eigenvalue weighted by molar-refractivity contribution is 6.00. The van der Waals surface area contributed by atoms with E-state index >= 15 is 0 Å². The predicted octanol–water partition coefficient (Wildman–Crippen LogP) is 4.78. The van der Waals surface area contributed by atoms with Crippen molar-refractivity contribution in [3.05, 3.63) is 84.3 Å². The van der Waals surface area contributed by atoms with Crippen LogP contribution in [0.25, 0.3) is 27.0 Å². The molecule has 3 aromatic heterocycles. The molecule has 1 fully saturated rings. The Morgan fingerprint density at radius 1 is 1.12 bits per heavy atom. The number of nitrogens with zero attached hydrogens (tertiary/aromatic N) is 5. The molecule has 11 heteroatoms. The Morgan fingerprint density at radius 3 is 2.74 bits per heavy atom. The van der Waals surface area contributed by atoms with Crippen molar-refractivity contribution in [3.63, 3.8) is 0 Å². The zero-order chi connectivity index (χ0) is 29.5. The van der Waals surface area contributed by atoms with Crippen LogP contribution in [0.1, 0.15) is 36.2 Å². The van der Waals surface area contributed by atoms with E-state index in [0.717, 1.165) is 35.7 Å². The van der Waals surface area contributed by atoms with Gasteiger partial charge in [0.05, 0.1) is 24.2 Å². The van der Waals surface area contributed by atoms with E-state index in [1.165, 1.54) is 12.3 Å². The predicted molar refractivity (Wildman–Crippen MR) is 163 cm³/mol. The molecule has 4 aromatic rings. The van der Waals surface area contributed by atoms with Crippen LogP contribution >= 0.6 is 0 Å². The molecule has 5 rings (SSSR count). The summed E-state index contributed by atoms with van der Waals surface area (Å²) in [5, 5.41) is 10.3. The Balaban J connectivity index is 1.19. The molecule has 0 unspecified atom stereocenters. The number of anilines is 2. The van der Waals surface area contributed by atoms with E-state index in [9.17, 15) is 9.59 Å². The molecular weight excluding hydrogens is 530 g/mol. The smallest absolute Gasteiger partial charge is 0.270 e. The third-order valence-electron chi connectivity index (χ3n) is 7.08. The van der Waals surface area contributed by atoms with Gasteiger partial charge >= 0.3 is 0 Å². The summed E-state index contributed by atoms with van der Waals surface area (Å²) in [5.74, 6) is -0.0583. The van der Waals surface area contributed by atoms with Crippen LogP contribution in [0, 0.1) is 6.57 Å². The molecule has 42 heavy (non-hydrogen) atoms. The number of aromatic amines is 1. The Morgan fingerprint density at radius 2 is 1.95 bits per heavy atom. The fourth-order valence-corrected chi connectivity index (χ4v) is 5.04. The number of carbonyl (C=O) groups excluding carboxylic acids is 2. The van der Waals surface area contributed by atoms with Gasteiger partial charge < -0.3 is 25.8 Å². The number of fused-ring (bicyclic) bond motifs is 1. The van der Waals surface area contributed by atoms with Gasteiger partial charge in [0, 0.05) is 53.6 Å². The zero-order valence-electron chi connectivity index (χ0n) is 23.6. The molecule has 11 nitrogen and oxygen atoms in total. The van der Waals surface area contributed by atoms with Crippen LogP contribution < -0.4 is 16.0 Å². The molecule has 1 aromatic carbocycles. The lowest BCUT2D eigenvalue weighted by Crippen LogP contribution is -2.42. The number of rotatable bonds is 9. The first-order chi connectivity index (χ1) is 20.4. The normalized spacial score (nSPS) is 16.8. The summed E-state index contributed by atoms with van der Waals surface area (Å²) >= 11 is 0. The second-order valence-electron chi connectivity index (χ2n) is 10.6. The monoisotopic (exact) mass is 563 g/mol. The van der Waals surface area contributed by atoms with Crippen LogP contribution in [0.3, 0.4) is 0 Å². The van der Waals surface area contributed by atoms with Crippen LogP contribution in [0.5, 0.6) is 0 Å². The molecule has 3 heterocycles. The molecule has 0 radical (unpaired) electrons. The maximum atomic E-state index is 12.9. The number of likely N-dealkylation sites (N-methyl/N-ethyl adjacent to an activating group) is 1. The maximum Gasteiger partial charge on any atom is 0.270 e. The van der Waals surface area contributed by atoms with Crippen LogP contribution in [0.4, 0.5) is 17.3 Å². The van der Waals surface area contributed by atoms with Crippen molar-refractivity contribution in [2.75, 3.05) is 31.3 Å². The number of para-hydroxylation sites is 1. The minimum Gasteiger partial charge on any atom is -0.361 e. The van der Waals surface area contributed by atoms with Crippen molar-refractivity contribution in [3.8, 4) is 11.3 Å². The SMILES string of the molecule is [C-]#[N+]c1cnc(N[C@@H]2CCC[C@H](NC(=O)c3ccc(NC(=O)/C=C/CN(C)C)cn3)C2)nc1-c1c[nH]c2ccccc12. The van der Waals surface area contributed by atoms with Gasteiger partial charge in [-0.2, -0.15) is 0 Å². The Kier molecular flexibility index (Phi) is 8.84. The van der Waals surface area contributed by atoms with E-state index in [4.69, 9.17) is 11.6 Å². The molecule has 1 aliphatic rings. The first kappa shape index (κ1) is 28.4. The molecular formula is C31H33N9O2. The van der Waals surface area contributed by atoms with E-state index in [1.807, 2.05) is 49.5 Å². The summed E-state index contributed by atoms with van der Waals surface area (Å²) in [6, 6.07) is 11.2. The first-order valence-electron chi connectivity index (χ1n) is 13.9. The minimum absolute atomic E-state index is 0.0395. The number of carbonyl (C=O) groups is 2. The quantitative estimate of drug-likeness (QED) is 0.170. The summed E-state index contributed by atoms with van der Waals surface area (Å²) in [6.45, 7) is 8.27. The molecule has 1 aliphatic carbocycles. The van der Waals surface area contributed by atoms with Gasteiger partial charge in [0.15, 0.2) is 0 Å². The van der Waals surface area contributed by atoms with Crippen molar-refractivity contribution in [2.24, 2.45) is 0 Å². The maximum absolute atomic E-state index is 12.9. The van der Waals surface area contributed by atoms with Gasteiger partial charge in [0.25, 0.3) is 5.91 Å². The number of amides is 2. The van der Waals surface area contributed by atoms with Crippen LogP contribution in [0.2, 0.25) is 0 Å². The summed E-state index contributed by atoms with van der Waals surface area (Å²) in [7, 11) is 3.85. The fraction of sp³-hybridized carbons (Fsp3) is 0.290. The summed E-state index contributed by atoms with van der Waals surface area (Å²) in [6.07, 6.45) is 11.6. The number of pyridine rings is 1. The lowest BCUT2D eigenvalue weighted by molar-refractivity contribution is -0.111. The van der Waals surface area contributed by atoms with Gasteiger partial charge in [-0.1, -0.05) is 24.3 Å². The van der Waals surface area contributed by atoms with Crippen molar-refractivity contribution in [1.29, 1.82) is 0 Å². The molecule has 0 aliphatic heterocycles. The minimum atomic E-state index is -0.260. The third-order valence-corrected chi connectivity index (χ3v) is 7.08. The van der Waals surface area contributed by atoms with Gasteiger partial charge in [-0.3, -0.25) is 9.59 Å². The highest BCUT2D eigenvalue weighted by Gasteiger charge is 2.25. The van der Waals surface area contributed by atoms with Crippen molar-refractivity contribution in [1.82, 2.24) is 30.2 Å². The van der Waals surface area contributed by atoms with E-state index in [2.05, 4.69) is 35.7 Å². The lowest BCUT2D eigenvalue weighted by atomic mass is 9.91. The van der Waals surface area contributed by atoms with Crippen LogP contribution in [0.15, 0.2) is 67.1 Å². The summed E-state index contributed by atoms with van der Waals surface area (Å²) in [5.41, 5.74) is 3.60. The lowest BCUT2D eigenvalue weighted by Gasteiger charge is -2.30. The van der Waals surface area contributed by atoms with E-state index < -0.39 is 0 Å². The highest BCUT2D eigenvalue weighted by Crippen LogP contribution is 2.34. The standard InChI is InChI=1S/C31H33N9O2/c1-32-27-19-35-31(39-29(27)24-18-34-25-11-5-4-10-23(24)25)38-21-9-6-8-20(16-21)37-30(42)26-14-13-22(17-33-26)36-28(41)12-7-15-40(2)3/h4-5,7,10-14,17-21,34H,6,8-9,15-16H2,2-3H3,(H,36,41)(H,37,42)(H,35,38,39)/b12-7+/t20-,21+/m0/s1. The molecule has 0 bridgehead atoms. The van der Waals surface area contributed by atoms with Gasteiger partial charge in [-0.15, -0.1) is 0 Å². The number of aromatic nitrogens is 4. The molecule has 0 spiro atoms. The van der Waals surface area contributed by atoms with Crippen molar-refractivity contribution in [2.45, 2.75) is 37.8 Å². The summed E-state index contributed by atoms with van der Waals surface area (Å²) in [4.78, 5) is 47.2.